The number of methoxy groups -OCH3 is 1. The molecule has 0 bridgehead atoms. The number of thiazole rings is 1. The van der Waals surface area contributed by atoms with Crippen LogP contribution in [-0.2, 0) is 4.74 Å². The standard InChI is InChI=1S/C19H22N4O3S/c1-13-16(6-5-14-7-8-20-17(11-14)25-2)27-19(22-13)23-18(24)21-9-10-26-12-15-3-4-15/h7-8,11,15H,3-4,9-10,12H2,1-2H3,(H2,21,22,23,24). The molecule has 2 aromatic heterocycles. The first-order chi connectivity index (χ1) is 13.1. The van der Waals surface area contributed by atoms with E-state index in [-0.39, 0.29) is 6.03 Å². The van der Waals surface area contributed by atoms with E-state index in [0.29, 0.717) is 24.2 Å². The minimum Gasteiger partial charge on any atom is -0.481 e. The van der Waals surface area contributed by atoms with E-state index in [9.17, 15) is 4.79 Å². The van der Waals surface area contributed by atoms with Gasteiger partial charge in [0.25, 0.3) is 0 Å². The molecule has 0 atom stereocenters. The minimum absolute atomic E-state index is 0.294. The van der Waals surface area contributed by atoms with Gasteiger partial charge in [0.15, 0.2) is 5.13 Å². The molecule has 1 fully saturated rings. The fourth-order valence-electron chi connectivity index (χ4n) is 2.21. The molecule has 2 aromatic rings. The van der Waals surface area contributed by atoms with Crippen molar-refractivity contribution >= 4 is 22.5 Å². The number of carbonyl (C=O) groups is 1. The Morgan fingerprint density at radius 2 is 2.26 bits per heavy atom. The van der Waals surface area contributed by atoms with Crippen LogP contribution in [0.15, 0.2) is 18.3 Å². The maximum atomic E-state index is 11.9. The third-order valence-corrected chi connectivity index (χ3v) is 4.85. The molecular formula is C19H22N4O3S. The summed E-state index contributed by atoms with van der Waals surface area (Å²) >= 11 is 1.34. The van der Waals surface area contributed by atoms with Gasteiger partial charge in [0.05, 0.1) is 19.4 Å². The van der Waals surface area contributed by atoms with Crippen LogP contribution in [0.1, 0.15) is 29.0 Å². The lowest BCUT2D eigenvalue weighted by molar-refractivity contribution is 0.127. The van der Waals surface area contributed by atoms with Gasteiger partial charge in [-0.2, -0.15) is 0 Å². The monoisotopic (exact) mass is 386 g/mol. The van der Waals surface area contributed by atoms with E-state index in [0.717, 1.165) is 28.7 Å². The molecule has 142 valence electrons. The number of urea groups is 1. The summed E-state index contributed by atoms with van der Waals surface area (Å²) in [6, 6.07) is 3.28. The first-order valence-corrected chi connectivity index (χ1v) is 9.58. The summed E-state index contributed by atoms with van der Waals surface area (Å²) in [5.74, 6) is 7.39. The number of aryl methyl sites for hydroxylation is 1. The highest BCUT2D eigenvalue weighted by molar-refractivity contribution is 7.16. The van der Waals surface area contributed by atoms with Crippen LogP contribution in [0.25, 0.3) is 0 Å². The van der Waals surface area contributed by atoms with Gasteiger partial charge in [0.1, 0.15) is 4.88 Å². The first-order valence-electron chi connectivity index (χ1n) is 8.76. The number of ether oxygens (including phenoxy) is 2. The molecule has 1 aliphatic rings. The van der Waals surface area contributed by atoms with E-state index >= 15 is 0 Å². The molecule has 7 nitrogen and oxygen atoms in total. The predicted octanol–water partition coefficient (Wildman–Crippen LogP) is 2.80. The van der Waals surface area contributed by atoms with E-state index in [1.54, 1.807) is 19.4 Å². The van der Waals surface area contributed by atoms with Crippen molar-refractivity contribution in [1.29, 1.82) is 0 Å². The van der Waals surface area contributed by atoms with Crippen molar-refractivity contribution in [3.05, 3.63) is 34.5 Å². The molecular weight excluding hydrogens is 364 g/mol. The van der Waals surface area contributed by atoms with Crippen LogP contribution < -0.4 is 15.4 Å². The fraction of sp³-hybridized carbons (Fsp3) is 0.421. The van der Waals surface area contributed by atoms with Gasteiger partial charge in [-0.25, -0.2) is 14.8 Å². The average Bonchev–Trinajstić information content (AvgIpc) is 3.42. The molecule has 2 N–H and O–H groups in total. The van der Waals surface area contributed by atoms with Crippen molar-refractivity contribution in [2.24, 2.45) is 5.92 Å². The van der Waals surface area contributed by atoms with Crippen LogP contribution in [0.2, 0.25) is 0 Å². The SMILES string of the molecule is COc1cc(C#Cc2sc(NC(=O)NCCOCC3CC3)nc2C)ccn1. The molecule has 0 aromatic carbocycles. The number of nitrogens with one attached hydrogen (secondary N) is 2. The van der Waals surface area contributed by atoms with Crippen LogP contribution in [0.3, 0.4) is 0 Å². The second-order valence-electron chi connectivity index (χ2n) is 6.17. The number of rotatable bonds is 7. The lowest BCUT2D eigenvalue weighted by Gasteiger charge is -2.05. The Kier molecular flexibility index (Phi) is 6.63. The minimum atomic E-state index is -0.294. The highest BCUT2D eigenvalue weighted by Gasteiger charge is 2.20. The molecule has 8 heteroatoms. The maximum Gasteiger partial charge on any atom is 0.321 e. The van der Waals surface area contributed by atoms with Gasteiger partial charge in [0, 0.05) is 31.0 Å². The molecule has 0 radical (unpaired) electrons. The predicted molar refractivity (Wildman–Crippen MR) is 104 cm³/mol. The Balaban J connectivity index is 1.49. The van der Waals surface area contributed by atoms with E-state index in [1.807, 2.05) is 13.0 Å². The van der Waals surface area contributed by atoms with Crippen LogP contribution in [0, 0.1) is 24.7 Å². The van der Waals surface area contributed by atoms with Crippen LogP contribution in [0.5, 0.6) is 5.88 Å². The summed E-state index contributed by atoms with van der Waals surface area (Å²) < 4.78 is 10.6. The lowest BCUT2D eigenvalue weighted by Crippen LogP contribution is -2.31. The van der Waals surface area contributed by atoms with Gasteiger partial charge in [-0.1, -0.05) is 17.3 Å². The van der Waals surface area contributed by atoms with Gasteiger partial charge < -0.3 is 14.8 Å². The average molecular weight is 386 g/mol. The normalized spacial score (nSPS) is 12.8. The number of carbonyl (C=O) groups excluding carboxylic acids is 1. The van der Waals surface area contributed by atoms with Crippen molar-refractivity contribution in [2.75, 3.05) is 32.2 Å². The van der Waals surface area contributed by atoms with E-state index in [4.69, 9.17) is 9.47 Å². The molecule has 0 aliphatic heterocycles. The van der Waals surface area contributed by atoms with Crippen molar-refractivity contribution < 1.29 is 14.3 Å². The highest BCUT2D eigenvalue weighted by atomic mass is 32.1. The van der Waals surface area contributed by atoms with Crippen molar-refractivity contribution in [2.45, 2.75) is 19.8 Å². The van der Waals surface area contributed by atoms with Crippen LogP contribution >= 0.6 is 11.3 Å². The molecule has 27 heavy (non-hydrogen) atoms. The smallest absolute Gasteiger partial charge is 0.321 e. The zero-order valence-electron chi connectivity index (χ0n) is 15.4. The molecule has 3 rings (SSSR count). The number of hydrogen-bond donors (Lipinski definition) is 2. The van der Waals surface area contributed by atoms with Gasteiger partial charge in [-0.15, -0.1) is 0 Å². The number of aromatic nitrogens is 2. The topological polar surface area (TPSA) is 85.4 Å². The zero-order chi connectivity index (χ0) is 19.1. The summed E-state index contributed by atoms with van der Waals surface area (Å²) in [6.07, 6.45) is 4.17. The second kappa shape index (κ2) is 9.35. The number of hydrogen-bond acceptors (Lipinski definition) is 6. The molecule has 0 saturated heterocycles. The van der Waals surface area contributed by atoms with Gasteiger partial charge in [-0.3, -0.25) is 5.32 Å². The van der Waals surface area contributed by atoms with Crippen molar-refractivity contribution in [3.63, 3.8) is 0 Å². The van der Waals surface area contributed by atoms with E-state index in [2.05, 4.69) is 32.4 Å². The Labute approximate surface area is 162 Å². The summed E-state index contributed by atoms with van der Waals surface area (Å²) in [7, 11) is 1.56. The quantitative estimate of drug-likeness (QED) is 0.565. The summed E-state index contributed by atoms with van der Waals surface area (Å²) in [6.45, 7) is 3.65. The van der Waals surface area contributed by atoms with E-state index < -0.39 is 0 Å². The second-order valence-corrected chi connectivity index (χ2v) is 7.17. The third-order valence-electron chi connectivity index (χ3n) is 3.86. The van der Waals surface area contributed by atoms with Crippen molar-refractivity contribution in [1.82, 2.24) is 15.3 Å². The Hall–Kier alpha value is -2.63. The first kappa shape index (κ1) is 19.1. The molecule has 1 saturated carbocycles. The number of pyridine rings is 1. The fourth-order valence-corrected chi connectivity index (χ4v) is 3.02. The Morgan fingerprint density at radius 1 is 1.41 bits per heavy atom. The van der Waals surface area contributed by atoms with E-state index in [1.165, 1.54) is 24.2 Å². The van der Waals surface area contributed by atoms with Gasteiger partial charge in [-0.05, 0) is 37.7 Å². The number of nitrogens with zero attached hydrogens (tertiary/aromatic N) is 2. The molecule has 0 spiro atoms. The summed E-state index contributed by atoms with van der Waals surface area (Å²) in [5.41, 5.74) is 1.57. The van der Waals surface area contributed by atoms with Gasteiger partial charge in [0.2, 0.25) is 5.88 Å². The molecule has 1 aliphatic carbocycles. The largest absolute Gasteiger partial charge is 0.481 e. The third kappa shape index (κ3) is 6.24. The Bertz CT molecular complexity index is 852. The lowest BCUT2D eigenvalue weighted by atomic mass is 10.2. The number of anilines is 1. The zero-order valence-corrected chi connectivity index (χ0v) is 16.2. The number of amides is 2. The van der Waals surface area contributed by atoms with Crippen LogP contribution in [0.4, 0.5) is 9.93 Å². The Morgan fingerprint density at radius 3 is 3.04 bits per heavy atom. The summed E-state index contributed by atoms with van der Waals surface area (Å²) in [5, 5.41) is 6.01. The highest BCUT2D eigenvalue weighted by Crippen LogP contribution is 2.28. The molecule has 2 amide bonds. The van der Waals surface area contributed by atoms with Gasteiger partial charge >= 0.3 is 6.03 Å². The van der Waals surface area contributed by atoms with Crippen molar-refractivity contribution in [3.8, 4) is 17.7 Å². The summed E-state index contributed by atoms with van der Waals surface area (Å²) in [4.78, 5) is 21.1. The van der Waals surface area contributed by atoms with Crippen LogP contribution in [-0.4, -0.2) is 42.9 Å². The molecule has 2 heterocycles. The maximum absolute atomic E-state index is 11.9. The molecule has 0 unspecified atom stereocenters.